The fourth-order valence-corrected chi connectivity index (χ4v) is 3.14. The molecule has 3 nitrogen and oxygen atoms in total. The number of hydrogen-bond donors (Lipinski definition) is 1. The molecule has 1 fully saturated rings. The Labute approximate surface area is 118 Å². The van der Waals surface area contributed by atoms with E-state index in [2.05, 4.69) is 12.2 Å². The van der Waals surface area contributed by atoms with Crippen molar-refractivity contribution in [1.82, 2.24) is 5.32 Å². The van der Waals surface area contributed by atoms with Crippen molar-refractivity contribution in [3.8, 4) is 5.40 Å². The van der Waals surface area contributed by atoms with Crippen LogP contribution in [0.5, 0.6) is 0 Å². The normalized spacial score (nSPS) is 22.5. The van der Waals surface area contributed by atoms with E-state index in [9.17, 15) is 4.79 Å². The highest BCUT2D eigenvalue weighted by atomic mass is 32.2. The number of nitriles is 1. The molecule has 1 saturated carbocycles. The zero-order valence-electron chi connectivity index (χ0n) is 11.1. The Morgan fingerprint density at radius 3 is 2.95 bits per heavy atom. The first-order valence-corrected chi connectivity index (χ1v) is 7.48. The molecule has 0 aliphatic heterocycles. The van der Waals surface area contributed by atoms with Gasteiger partial charge in [-0.25, -0.2) is 0 Å². The molecule has 4 heteroatoms. The van der Waals surface area contributed by atoms with Crippen LogP contribution in [-0.4, -0.2) is 11.9 Å². The van der Waals surface area contributed by atoms with Gasteiger partial charge in [-0.3, -0.25) is 4.79 Å². The minimum atomic E-state index is -0.0579. The van der Waals surface area contributed by atoms with Crippen LogP contribution < -0.4 is 5.32 Å². The quantitative estimate of drug-likeness (QED) is 0.677. The minimum absolute atomic E-state index is 0.0579. The maximum absolute atomic E-state index is 12.3. The molecule has 1 aliphatic rings. The third-order valence-corrected chi connectivity index (χ3v) is 4.23. The highest BCUT2D eigenvalue weighted by molar-refractivity contribution is 8.03. The molecule has 0 bridgehead atoms. The number of carbonyl (C=O) groups is 1. The van der Waals surface area contributed by atoms with E-state index in [-0.39, 0.29) is 11.9 Å². The summed E-state index contributed by atoms with van der Waals surface area (Å²) in [5, 5.41) is 13.9. The van der Waals surface area contributed by atoms with E-state index in [1.54, 1.807) is 6.07 Å². The molecule has 19 heavy (non-hydrogen) atoms. The van der Waals surface area contributed by atoms with E-state index in [0.29, 0.717) is 11.5 Å². The van der Waals surface area contributed by atoms with Crippen LogP contribution in [0.1, 0.15) is 43.0 Å². The third kappa shape index (κ3) is 3.74. The van der Waals surface area contributed by atoms with Crippen LogP contribution in [0.2, 0.25) is 0 Å². The monoisotopic (exact) mass is 274 g/mol. The van der Waals surface area contributed by atoms with Crippen molar-refractivity contribution in [2.45, 2.75) is 43.5 Å². The molecule has 1 aliphatic carbocycles. The van der Waals surface area contributed by atoms with Crippen LogP contribution in [-0.2, 0) is 0 Å². The predicted octanol–water partition coefficient (Wildman–Crippen LogP) is 3.57. The molecule has 0 heterocycles. The van der Waals surface area contributed by atoms with Crippen LogP contribution in [0, 0.1) is 16.6 Å². The average Bonchev–Trinajstić information content (AvgIpc) is 2.39. The molecule has 1 amide bonds. The van der Waals surface area contributed by atoms with E-state index in [1.165, 1.54) is 12.8 Å². The van der Waals surface area contributed by atoms with Crippen molar-refractivity contribution >= 4 is 17.7 Å². The SMILES string of the molecule is CC1CCCC(NC(=O)c2ccccc2SC#N)C1. The first-order valence-electron chi connectivity index (χ1n) is 6.66. The van der Waals surface area contributed by atoms with Crippen LogP contribution in [0.4, 0.5) is 0 Å². The first kappa shape index (κ1) is 14.0. The largest absolute Gasteiger partial charge is 0.349 e. The van der Waals surface area contributed by atoms with Gasteiger partial charge in [-0.2, -0.15) is 5.26 Å². The van der Waals surface area contributed by atoms with Crippen molar-refractivity contribution in [1.29, 1.82) is 5.26 Å². The van der Waals surface area contributed by atoms with Crippen molar-refractivity contribution < 1.29 is 4.79 Å². The highest BCUT2D eigenvalue weighted by Gasteiger charge is 2.21. The number of carbonyl (C=O) groups excluding carboxylic acids is 1. The number of rotatable bonds is 3. The molecule has 0 radical (unpaired) electrons. The second-order valence-electron chi connectivity index (χ2n) is 5.13. The summed E-state index contributed by atoms with van der Waals surface area (Å²) in [6, 6.07) is 7.54. The Morgan fingerprint density at radius 1 is 1.42 bits per heavy atom. The van der Waals surface area contributed by atoms with Gasteiger partial charge in [0.1, 0.15) is 5.40 Å². The maximum Gasteiger partial charge on any atom is 0.252 e. The van der Waals surface area contributed by atoms with Gasteiger partial charge in [0, 0.05) is 10.9 Å². The Bertz CT molecular complexity index is 495. The average molecular weight is 274 g/mol. The summed E-state index contributed by atoms with van der Waals surface area (Å²) in [4.78, 5) is 13.0. The van der Waals surface area contributed by atoms with E-state index < -0.39 is 0 Å². The second kappa shape index (κ2) is 6.63. The summed E-state index contributed by atoms with van der Waals surface area (Å²) in [5.41, 5.74) is 0.604. The van der Waals surface area contributed by atoms with Gasteiger partial charge in [0.15, 0.2) is 0 Å². The predicted molar refractivity (Wildman–Crippen MR) is 76.8 cm³/mol. The second-order valence-corrected chi connectivity index (χ2v) is 5.96. The number of nitrogens with zero attached hydrogens (tertiary/aromatic N) is 1. The standard InChI is InChI=1S/C15H18N2OS/c1-11-5-4-6-12(9-11)17-15(18)13-7-2-3-8-14(13)19-10-16/h2-3,7-8,11-12H,4-6,9H2,1H3,(H,17,18). The Balaban J connectivity index is 2.05. The lowest BCUT2D eigenvalue weighted by Crippen LogP contribution is -2.38. The minimum Gasteiger partial charge on any atom is -0.349 e. The zero-order chi connectivity index (χ0) is 13.7. The van der Waals surface area contributed by atoms with Crippen molar-refractivity contribution in [2.75, 3.05) is 0 Å². The lowest BCUT2D eigenvalue weighted by atomic mass is 9.87. The molecular formula is C15H18N2OS. The summed E-state index contributed by atoms with van der Waals surface area (Å²) < 4.78 is 0. The van der Waals surface area contributed by atoms with Crippen molar-refractivity contribution in [3.05, 3.63) is 29.8 Å². The summed E-state index contributed by atoms with van der Waals surface area (Å²) in [6.45, 7) is 2.23. The number of thioether (sulfide) groups is 1. The topological polar surface area (TPSA) is 52.9 Å². The zero-order valence-corrected chi connectivity index (χ0v) is 11.9. The van der Waals surface area contributed by atoms with Gasteiger partial charge in [-0.05, 0) is 42.7 Å². The van der Waals surface area contributed by atoms with Crippen LogP contribution in [0.3, 0.4) is 0 Å². The fourth-order valence-electron chi connectivity index (χ4n) is 2.62. The number of thiocyanates is 1. The molecule has 1 N–H and O–H groups in total. The van der Waals surface area contributed by atoms with Gasteiger partial charge >= 0.3 is 0 Å². The van der Waals surface area contributed by atoms with Gasteiger partial charge in [0.25, 0.3) is 5.91 Å². The Kier molecular flexibility index (Phi) is 4.86. The summed E-state index contributed by atoms with van der Waals surface area (Å²) in [5.74, 6) is 0.625. The van der Waals surface area contributed by atoms with Crippen molar-refractivity contribution in [2.24, 2.45) is 5.92 Å². The highest BCUT2D eigenvalue weighted by Crippen LogP contribution is 2.25. The molecule has 2 unspecified atom stereocenters. The van der Waals surface area contributed by atoms with Gasteiger partial charge in [-0.15, -0.1) is 0 Å². The van der Waals surface area contributed by atoms with E-state index >= 15 is 0 Å². The molecule has 2 rings (SSSR count). The lowest BCUT2D eigenvalue weighted by Gasteiger charge is -2.27. The number of nitrogens with one attached hydrogen (secondary N) is 1. The lowest BCUT2D eigenvalue weighted by molar-refractivity contribution is 0.0918. The van der Waals surface area contributed by atoms with Crippen molar-refractivity contribution in [3.63, 3.8) is 0 Å². The molecule has 0 saturated heterocycles. The maximum atomic E-state index is 12.3. The number of benzene rings is 1. The van der Waals surface area contributed by atoms with Crippen LogP contribution >= 0.6 is 11.8 Å². The Hall–Kier alpha value is -1.47. The van der Waals surface area contributed by atoms with Gasteiger partial charge in [0.2, 0.25) is 0 Å². The Morgan fingerprint density at radius 2 is 2.21 bits per heavy atom. The fraction of sp³-hybridized carbons (Fsp3) is 0.467. The third-order valence-electron chi connectivity index (χ3n) is 3.56. The molecule has 1 aromatic carbocycles. The molecular weight excluding hydrogens is 256 g/mol. The molecule has 0 spiro atoms. The summed E-state index contributed by atoms with van der Waals surface area (Å²) >= 11 is 1.04. The molecule has 1 aromatic rings. The van der Waals surface area contributed by atoms with Crippen LogP contribution in [0.15, 0.2) is 29.2 Å². The van der Waals surface area contributed by atoms with Gasteiger partial charge in [0.05, 0.1) is 5.56 Å². The summed E-state index contributed by atoms with van der Waals surface area (Å²) in [7, 11) is 0. The summed E-state index contributed by atoms with van der Waals surface area (Å²) in [6.07, 6.45) is 4.55. The first-order chi connectivity index (χ1) is 9.20. The smallest absolute Gasteiger partial charge is 0.252 e. The molecule has 2 atom stereocenters. The van der Waals surface area contributed by atoms with E-state index in [0.717, 1.165) is 29.5 Å². The van der Waals surface area contributed by atoms with Gasteiger partial charge < -0.3 is 5.32 Å². The van der Waals surface area contributed by atoms with Crippen LogP contribution in [0.25, 0.3) is 0 Å². The van der Waals surface area contributed by atoms with E-state index in [4.69, 9.17) is 5.26 Å². The van der Waals surface area contributed by atoms with Gasteiger partial charge in [-0.1, -0.05) is 31.9 Å². The molecule has 0 aromatic heterocycles. The molecule has 100 valence electrons. The van der Waals surface area contributed by atoms with E-state index in [1.807, 2.05) is 23.6 Å². The number of hydrogen-bond acceptors (Lipinski definition) is 3. The number of amides is 1.